The Bertz CT molecular complexity index is 778. The molecule has 0 saturated heterocycles. The molecule has 0 unspecified atom stereocenters. The number of halogens is 1. The first-order chi connectivity index (χ1) is 9.63. The number of hydrogen-bond acceptors (Lipinski definition) is 2. The molecule has 4 nitrogen and oxygen atoms in total. The number of pyridine rings is 1. The first-order valence-electron chi connectivity index (χ1n) is 6.08. The minimum Gasteiger partial charge on any atom is -0.477 e. The normalized spacial score (nSPS) is 10.8. The third-order valence-electron chi connectivity index (χ3n) is 3.06. The van der Waals surface area contributed by atoms with E-state index in [-0.39, 0.29) is 5.69 Å². The highest BCUT2D eigenvalue weighted by molar-refractivity contribution is 6.30. The molecule has 0 aliphatic carbocycles. The van der Waals surface area contributed by atoms with Crippen molar-refractivity contribution in [1.82, 2.24) is 9.38 Å². The lowest BCUT2D eigenvalue weighted by Gasteiger charge is -1.98. The van der Waals surface area contributed by atoms with Gasteiger partial charge >= 0.3 is 5.97 Å². The molecule has 0 saturated carbocycles. The molecule has 100 valence electrons. The predicted molar refractivity (Wildman–Crippen MR) is 76.4 cm³/mol. The van der Waals surface area contributed by atoms with Crippen LogP contribution in [0.1, 0.15) is 21.7 Å². The van der Waals surface area contributed by atoms with Crippen molar-refractivity contribution in [3.63, 3.8) is 0 Å². The SMILES string of the molecule is O=C(O)c1cccc2nc(Cc3ccc(Cl)cc3)cn12. The van der Waals surface area contributed by atoms with Crippen LogP contribution in [0.5, 0.6) is 0 Å². The molecule has 0 amide bonds. The first-order valence-corrected chi connectivity index (χ1v) is 6.46. The Labute approximate surface area is 120 Å². The highest BCUT2D eigenvalue weighted by Gasteiger charge is 2.10. The molecule has 0 spiro atoms. The summed E-state index contributed by atoms with van der Waals surface area (Å²) >= 11 is 5.85. The van der Waals surface area contributed by atoms with Crippen molar-refractivity contribution in [3.05, 3.63) is 70.6 Å². The summed E-state index contributed by atoms with van der Waals surface area (Å²) in [5.41, 5.74) is 2.74. The Morgan fingerprint density at radius 2 is 1.95 bits per heavy atom. The van der Waals surface area contributed by atoms with E-state index in [4.69, 9.17) is 16.7 Å². The summed E-state index contributed by atoms with van der Waals surface area (Å²) in [6.07, 6.45) is 2.39. The second-order valence-corrected chi connectivity index (χ2v) is 4.92. The van der Waals surface area contributed by atoms with Crippen molar-refractivity contribution in [1.29, 1.82) is 0 Å². The number of aromatic carboxylic acids is 1. The predicted octanol–water partition coefficient (Wildman–Crippen LogP) is 3.28. The van der Waals surface area contributed by atoms with Gasteiger partial charge in [-0.15, -0.1) is 0 Å². The van der Waals surface area contributed by atoms with Crippen LogP contribution in [0.2, 0.25) is 5.02 Å². The number of aromatic nitrogens is 2. The summed E-state index contributed by atoms with van der Waals surface area (Å²) < 4.78 is 1.59. The number of nitrogens with zero attached hydrogens (tertiary/aromatic N) is 2. The van der Waals surface area contributed by atoms with Crippen LogP contribution in [0, 0.1) is 0 Å². The number of rotatable bonds is 3. The minimum atomic E-state index is -0.967. The van der Waals surface area contributed by atoms with Crippen LogP contribution in [0.15, 0.2) is 48.7 Å². The summed E-state index contributed by atoms with van der Waals surface area (Å²) in [5.74, 6) is -0.967. The molecule has 3 aromatic rings. The molecule has 0 fully saturated rings. The van der Waals surface area contributed by atoms with Gasteiger partial charge in [-0.3, -0.25) is 4.40 Å². The molecule has 0 atom stereocenters. The molecule has 0 bridgehead atoms. The smallest absolute Gasteiger partial charge is 0.352 e. The van der Waals surface area contributed by atoms with E-state index < -0.39 is 5.97 Å². The van der Waals surface area contributed by atoms with E-state index in [9.17, 15) is 4.79 Å². The van der Waals surface area contributed by atoms with Gasteiger partial charge in [-0.2, -0.15) is 0 Å². The van der Waals surface area contributed by atoms with Gasteiger partial charge < -0.3 is 5.11 Å². The molecule has 0 aliphatic rings. The zero-order valence-corrected chi connectivity index (χ0v) is 11.2. The van der Waals surface area contributed by atoms with Crippen molar-refractivity contribution in [2.24, 2.45) is 0 Å². The average molecular weight is 287 g/mol. The molecule has 5 heteroatoms. The van der Waals surface area contributed by atoms with E-state index in [2.05, 4.69) is 4.98 Å². The lowest BCUT2D eigenvalue weighted by Crippen LogP contribution is -2.03. The fraction of sp³-hybridized carbons (Fsp3) is 0.0667. The van der Waals surface area contributed by atoms with Crippen LogP contribution >= 0.6 is 11.6 Å². The van der Waals surface area contributed by atoms with Gasteiger partial charge in [-0.05, 0) is 29.8 Å². The number of carboxylic acids is 1. The van der Waals surface area contributed by atoms with Crippen LogP contribution in [-0.2, 0) is 6.42 Å². The van der Waals surface area contributed by atoms with Gasteiger partial charge in [-0.25, -0.2) is 9.78 Å². The van der Waals surface area contributed by atoms with Gasteiger partial charge in [0.05, 0.1) is 5.69 Å². The van der Waals surface area contributed by atoms with Gasteiger partial charge in [0.2, 0.25) is 0 Å². The van der Waals surface area contributed by atoms with Crippen molar-refractivity contribution < 1.29 is 9.90 Å². The van der Waals surface area contributed by atoms with E-state index >= 15 is 0 Å². The zero-order chi connectivity index (χ0) is 14.1. The summed E-state index contributed by atoms with van der Waals surface area (Å²) in [5, 5.41) is 9.84. The van der Waals surface area contributed by atoms with Gasteiger partial charge in [-0.1, -0.05) is 29.8 Å². The number of imidazole rings is 1. The zero-order valence-electron chi connectivity index (χ0n) is 10.5. The van der Waals surface area contributed by atoms with Crippen LogP contribution in [0.4, 0.5) is 0 Å². The Morgan fingerprint density at radius 3 is 2.65 bits per heavy atom. The van der Waals surface area contributed by atoms with E-state index in [1.165, 1.54) is 0 Å². The number of benzene rings is 1. The van der Waals surface area contributed by atoms with E-state index in [0.717, 1.165) is 11.3 Å². The maximum absolute atomic E-state index is 11.2. The maximum Gasteiger partial charge on any atom is 0.352 e. The molecule has 0 radical (unpaired) electrons. The average Bonchev–Trinajstić information content (AvgIpc) is 2.83. The lowest BCUT2D eigenvalue weighted by molar-refractivity contribution is 0.0689. The lowest BCUT2D eigenvalue weighted by atomic mass is 10.1. The van der Waals surface area contributed by atoms with E-state index in [1.54, 1.807) is 28.8 Å². The molecule has 3 rings (SSSR count). The highest BCUT2D eigenvalue weighted by Crippen LogP contribution is 2.15. The third-order valence-corrected chi connectivity index (χ3v) is 3.31. The Balaban J connectivity index is 1.99. The number of carbonyl (C=O) groups is 1. The molecule has 20 heavy (non-hydrogen) atoms. The monoisotopic (exact) mass is 286 g/mol. The fourth-order valence-corrected chi connectivity index (χ4v) is 2.26. The van der Waals surface area contributed by atoms with Gasteiger partial charge in [0.1, 0.15) is 11.3 Å². The Morgan fingerprint density at radius 1 is 1.20 bits per heavy atom. The molecule has 1 aromatic carbocycles. The summed E-state index contributed by atoms with van der Waals surface area (Å²) in [4.78, 5) is 15.6. The molecular formula is C15H11ClN2O2. The summed E-state index contributed by atoms with van der Waals surface area (Å²) in [7, 11) is 0. The van der Waals surface area contributed by atoms with Gasteiger partial charge in [0, 0.05) is 17.6 Å². The molecule has 2 aromatic heterocycles. The second kappa shape index (κ2) is 4.98. The highest BCUT2D eigenvalue weighted by atomic mass is 35.5. The third kappa shape index (κ3) is 2.38. The quantitative estimate of drug-likeness (QED) is 0.804. The largest absolute Gasteiger partial charge is 0.477 e. The van der Waals surface area contributed by atoms with Gasteiger partial charge in [0.25, 0.3) is 0 Å². The summed E-state index contributed by atoms with van der Waals surface area (Å²) in [6, 6.07) is 12.6. The first kappa shape index (κ1) is 12.7. The van der Waals surface area contributed by atoms with Crippen molar-refractivity contribution >= 4 is 23.2 Å². The van der Waals surface area contributed by atoms with E-state index in [1.807, 2.05) is 24.3 Å². The maximum atomic E-state index is 11.2. The van der Waals surface area contributed by atoms with Crippen molar-refractivity contribution in [2.45, 2.75) is 6.42 Å². The molecule has 0 aliphatic heterocycles. The van der Waals surface area contributed by atoms with Crippen LogP contribution in [0.25, 0.3) is 5.65 Å². The van der Waals surface area contributed by atoms with E-state index in [0.29, 0.717) is 17.1 Å². The van der Waals surface area contributed by atoms with Crippen LogP contribution in [-0.4, -0.2) is 20.5 Å². The van der Waals surface area contributed by atoms with Crippen molar-refractivity contribution in [3.8, 4) is 0 Å². The van der Waals surface area contributed by atoms with Crippen LogP contribution in [0.3, 0.4) is 0 Å². The number of hydrogen-bond donors (Lipinski definition) is 1. The Hall–Kier alpha value is -2.33. The minimum absolute atomic E-state index is 0.206. The van der Waals surface area contributed by atoms with Crippen molar-refractivity contribution in [2.75, 3.05) is 0 Å². The number of fused-ring (bicyclic) bond motifs is 1. The van der Waals surface area contributed by atoms with Gasteiger partial charge in [0.15, 0.2) is 0 Å². The second-order valence-electron chi connectivity index (χ2n) is 4.48. The molecular weight excluding hydrogens is 276 g/mol. The molecule has 1 N–H and O–H groups in total. The Kier molecular flexibility index (Phi) is 3.16. The molecule has 2 heterocycles. The summed E-state index contributed by atoms with van der Waals surface area (Å²) in [6.45, 7) is 0. The fourth-order valence-electron chi connectivity index (χ4n) is 2.13. The topological polar surface area (TPSA) is 54.6 Å². The van der Waals surface area contributed by atoms with Crippen LogP contribution < -0.4 is 0 Å². The standard InChI is InChI=1S/C15H11ClN2O2/c16-11-6-4-10(5-7-11)8-12-9-18-13(15(19)20)2-1-3-14(18)17-12/h1-7,9H,8H2,(H,19,20). The number of carboxylic acid groups (broad SMARTS) is 1.